The standard InChI is InChI=1S/C14H16N6O.C13H16N4O3.C13H14N4O.C13H18N4O/c1-2-5-21-11-3-4-16-13(6-11)20-9-10(7-18-20)12-8-17-19-14(12)15;1-19-13(18)6-10-8-16-17(9-10)12-7-11(2-4-15-12)20-5-3-14;1-2-7-18-12-4-6-15-13(8-12)17-10-11(3-5-14)9-16-17;1-2-3-11-9-16-17(10-11)13-8-12(4-6-15-13)18-7-5-14/h3-4,6-9H,2,5H2,1H3,(H3,15,17,19);2,4,7-9H,3,5-6,14H2,1H3;4,6,8-10H,2-3,7H2,1H3;4,6,8-10H,2-3,5,7,14H2,1H3. The molecule has 0 aliphatic carbocycles. The number of carbonyl (C=O) groups excluding carboxylic acids is 1. The average Bonchev–Trinajstić information content (AvgIpc) is 4.35. The lowest BCUT2D eigenvalue weighted by molar-refractivity contribution is -0.139. The van der Waals surface area contributed by atoms with Gasteiger partial charge in [0.2, 0.25) is 0 Å². The first-order chi connectivity index (χ1) is 37.7. The van der Waals surface area contributed by atoms with E-state index in [0.29, 0.717) is 75.0 Å². The molecule has 7 N–H and O–H groups in total. The summed E-state index contributed by atoms with van der Waals surface area (Å²) in [5.74, 6) is 5.94. The van der Waals surface area contributed by atoms with E-state index in [1.807, 2.05) is 55.0 Å². The van der Waals surface area contributed by atoms with Gasteiger partial charge in [0, 0.05) is 109 Å². The number of nitriles is 1. The molecule has 9 aromatic rings. The van der Waals surface area contributed by atoms with Crippen LogP contribution in [0.4, 0.5) is 5.82 Å². The van der Waals surface area contributed by atoms with Crippen LogP contribution in [0, 0.1) is 11.3 Å². The topological polar surface area (TPSA) is 317 Å². The minimum atomic E-state index is -0.308. The van der Waals surface area contributed by atoms with E-state index >= 15 is 0 Å². The Balaban J connectivity index is 0.000000167. The molecule has 0 radical (unpaired) electrons. The van der Waals surface area contributed by atoms with Gasteiger partial charge < -0.3 is 40.9 Å². The number of nitrogens with two attached hydrogens (primary N) is 3. The van der Waals surface area contributed by atoms with Crippen molar-refractivity contribution in [3.63, 3.8) is 0 Å². The van der Waals surface area contributed by atoms with Crippen molar-refractivity contribution in [3.8, 4) is 63.5 Å². The second kappa shape index (κ2) is 30.7. The lowest BCUT2D eigenvalue weighted by Crippen LogP contribution is -2.11. The second-order valence-corrected chi connectivity index (χ2v) is 16.5. The quantitative estimate of drug-likeness (QED) is 0.0563. The van der Waals surface area contributed by atoms with Gasteiger partial charge in [0.25, 0.3) is 0 Å². The van der Waals surface area contributed by atoms with E-state index < -0.39 is 0 Å². The van der Waals surface area contributed by atoms with Gasteiger partial charge in [0.1, 0.15) is 42.0 Å². The number of ether oxygens (including phenoxy) is 5. The van der Waals surface area contributed by atoms with Crippen molar-refractivity contribution in [2.24, 2.45) is 11.5 Å². The number of aryl methyl sites for hydroxylation is 1. The molecule has 0 amide bonds. The number of rotatable bonds is 22. The zero-order chi connectivity index (χ0) is 54.6. The van der Waals surface area contributed by atoms with Crippen LogP contribution in [0.5, 0.6) is 23.0 Å². The molecule has 9 heterocycles. The highest BCUT2D eigenvalue weighted by Crippen LogP contribution is 2.25. The number of anilines is 1. The van der Waals surface area contributed by atoms with Crippen LogP contribution >= 0.6 is 0 Å². The average molecular weight is 1050 g/mol. The number of aromatic nitrogens is 14. The summed E-state index contributed by atoms with van der Waals surface area (Å²) in [6.45, 7) is 9.53. The van der Waals surface area contributed by atoms with Gasteiger partial charge in [-0.1, -0.05) is 27.2 Å². The number of carbonyl (C=O) groups is 1. The van der Waals surface area contributed by atoms with Crippen LogP contribution in [0.15, 0.2) is 129 Å². The number of nitrogens with one attached hydrogen (secondary N) is 1. The maximum atomic E-state index is 11.2. The fourth-order valence-corrected chi connectivity index (χ4v) is 6.75. The summed E-state index contributed by atoms with van der Waals surface area (Å²) in [5.41, 5.74) is 21.1. The Morgan fingerprint density at radius 3 is 1.44 bits per heavy atom. The molecule has 0 unspecified atom stereocenters. The minimum absolute atomic E-state index is 0.180. The zero-order valence-corrected chi connectivity index (χ0v) is 43.6. The van der Waals surface area contributed by atoms with Crippen molar-refractivity contribution in [2.45, 2.75) is 59.3 Å². The summed E-state index contributed by atoms with van der Waals surface area (Å²) in [5, 5.41) is 32.2. The minimum Gasteiger partial charge on any atom is -0.493 e. The van der Waals surface area contributed by atoms with Gasteiger partial charge in [-0.15, -0.1) is 0 Å². The maximum absolute atomic E-state index is 11.2. The largest absolute Gasteiger partial charge is 0.493 e. The number of hydrogen-bond acceptors (Lipinski definition) is 19. The van der Waals surface area contributed by atoms with Crippen LogP contribution in [-0.4, -0.2) is 122 Å². The molecule has 0 saturated heterocycles. The molecule has 0 aromatic carbocycles. The molecule has 402 valence electrons. The third kappa shape index (κ3) is 17.9. The van der Waals surface area contributed by atoms with Crippen molar-refractivity contribution in [2.75, 3.05) is 52.4 Å². The SMILES string of the molecule is CCCOc1ccnc(-n2cc(-c3cn[nH]c3N)cn2)c1.CCCOc1ccnc(-n2cc(CC#N)cn2)c1.CCCc1cnn(-c2cc(OCCN)ccn2)c1.COC(=O)Cc1cnn(-c2cc(OCCN)ccn2)c1. The number of esters is 1. The van der Waals surface area contributed by atoms with Gasteiger partial charge in [-0.2, -0.15) is 30.8 Å². The van der Waals surface area contributed by atoms with Gasteiger partial charge in [0.05, 0.1) is 70.2 Å². The Bertz CT molecular complexity index is 3210. The molecule has 9 aromatic heterocycles. The van der Waals surface area contributed by atoms with Crippen molar-refractivity contribution in [1.82, 2.24) is 69.3 Å². The molecular weight excluding hydrogens is 985 g/mol. The van der Waals surface area contributed by atoms with Crippen molar-refractivity contribution in [3.05, 3.63) is 146 Å². The molecule has 0 fully saturated rings. The fraction of sp³-hybridized carbons (Fsp3) is 0.302. The molecule has 0 spiro atoms. The molecule has 0 aliphatic rings. The summed E-state index contributed by atoms with van der Waals surface area (Å²) < 4.78 is 33.3. The third-order valence-electron chi connectivity index (χ3n) is 10.4. The first-order valence-electron chi connectivity index (χ1n) is 24.8. The van der Waals surface area contributed by atoms with Gasteiger partial charge in [-0.3, -0.25) is 9.89 Å². The number of hydrogen-bond donors (Lipinski definition) is 4. The highest BCUT2D eigenvalue weighted by Gasteiger charge is 2.11. The highest BCUT2D eigenvalue weighted by atomic mass is 16.5. The Kier molecular flexibility index (Phi) is 22.6. The van der Waals surface area contributed by atoms with E-state index in [-0.39, 0.29) is 12.4 Å². The van der Waals surface area contributed by atoms with Crippen LogP contribution < -0.4 is 36.1 Å². The van der Waals surface area contributed by atoms with Gasteiger partial charge >= 0.3 is 5.97 Å². The lowest BCUT2D eigenvalue weighted by atomic mass is 10.2. The molecule has 0 atom stereocenters. The predicted octanol–water partition coefficient (Wildman–Crippen LogP) is 6.03. The van der Waals surface area contributed by atoms with E-state index in [1.54, 1.807) is 92.8 Å². The zero-order valence-electron chi connectivity index (χ0n) is 43.6. The third-order valence-corrected chi connectivity index (χ3v) is 10.4. The molecule has 24 nitrogen and oxygen atoms in total. The lowest BCUT2D eigenvalue weighted by Gasteiger charge is -2.06. The number of aromatic amines is 1. The smallest absolute Gasteiger partial charge is 0.310 e. The Hall–Kier alpha value is -9.47. The van der Waals surface area contributed by atoms with Gasteiger partial charge in [-0.25, -0.2) is 38.7 Å². The number of nitrogens with zero attached hydrogens (tertiary/aromatic N) is 14. The van der Waals surface area contributed by atoms with Crippen LogP contribution in [0.1, 0.15) is 56.7 Å². The Morgan fingerprint density at radius 2 is 1.01 bits per heavy atom. The Labute approximate surface area is 445 Å². The van der Waals surface area contributed by atoms with Gasteiger partial charge in [-0.05, 0) is 49.1 Å². The Morgan fingerprint density at radius 1 is 0.584 bits per heavy atom. The predicted molar refractivity (Wildman–Crippen MR) is 287 cm³/mol. The summed E-state index contributed by atoms with van der Waals surface area (Å²) in [6, 6.07) is 16.6. The number of H-pyrrole nitrogens is 1. The van der Waals surface area contributed by atoms with Crippen LogP contribution in [0.3, 0.4) is 0 Å². The van der Waals surface area contributed by atoms with E-state index in [0.717, 1.165) is 71.0 Å². The molecule has 9 rings (SSSR count). The number of pyridine rings is 4. The van der Waals surface area contributed by atoms with Crippen LogP contribution in [0.2, 0.25) is 0 Å². The van der Waals surface area contributed by atoms with E-state index in [4.69, 9.17) is 41.4 Å². The monoisotopic (exact) mass is 1050 g/mol. The summed E-state index contributed by atoms with van der Waals surface area (Å²) in [4.78, 5) is 28.2. The molecule has 0 bridgehead atoms. The fourth-order valence-electron chi connectivity index (χ4n) is 6.75. The van der Waals surface area contributed by atoms with Gasteiger partial charge in [0.15, 0.2) is 23.3 Å². The van der Waals surface area contributed by atoms with E-state index in [9.17, 15) is 4.79 Å². The summed E-state index contributed by atoms with van der Waals surface area (Å²) in [7, 11) is 1.35. The van der Waals surface area contributed by atoms with Crippen LogP contribution in [0.25, 0.3) is 34.4 Å². The van der Waals surface area contributed by atoms with Crippen molar-refractivity contribution in [1.29, 1.82) is 5.26 Å². The molecule has 0 saturated carbocycles. The first-order valence-corrected chi connectivity index (χ1v) is 24.8. The maximum Gasteiger partial charge on any atom is 0.310 e. The summed E-state index contributed by atoms with van der Waals surface area (Å²) >= 11 is 0. The van der Waals surface area contributed by atoms with E-state index in [1.165, 1.54) is 12.7 Å². The van der Waals surface area contributed by atoms with Crippen molar-refractivity contribution >= 4 is 11.8 Å². The first kappa shape index (κ1) is 56.8. The van der Waals surface area contributed by atoms with E-state index in [2.05, 4.69) is 82.1 Å². The second-order valence-electron chi connectivity index (χ2n) is 16.5. The molecule has 24 heteroatoms. The number of nitrogen functional groups attached to an aromatic ring is 1. The summed E-state index contributed by atoms with van der Waals surface area (Å²) in [6.07, 6.45) is 27.3. The van der Waals surface area contributed by atoms with Crippen molar-refractivity contribution < 1.29 is 28.5 Å². The molecule has 0 aliphatic heterocycles. The molecular formula is C53H64N18O6. The highest BCUT2D eigenvalue weighted by molar-refractivity contribution is 5.72. The molecule has 77 heavy (non-hydrogen) atoms. The normalized spacial score (nSPS) is 10.4. The number of methoxy groups -OCH3 is 1. The van der Waals surface area contributed by atoms with Crippen LogP contribution in [-0.2, 0) is 28.8 Å².